The first kappa shape index (κ1) is 10.8. The average molecular weight is 191 g/mol. The highest BCUT2D eigenvalue weighted by Crippen LogP contribution is 2.12. The zero-order valence-electron chi connectivity index (χ0n) is 9.04. The molecular weight excluding hydrogens is 174 g/mol. The van der Waals surface area contributed by atoms with Gasteiger partial charge in [0.05, 0.1) is 18.3 Å². The highest BCUT2D eigenvalue weighted by molar-refractivity contribution is 5.05. The third-order valence-corrected chi connectivity index (χ3v) is 1.88. The minimum absolute atomic E-state index is 0.0460. The summed E-state index contributed by atoms with van der Waals surface area (Å²) in [6.07, 6.45) is 9.05. The fourth-order valence-corrected chi connectivity index (χ4v) is 1.10. The number of nitrogens with zero attached hydrogens (tertiary/aromatic N) is 2. The van der Waals surface area contributed by atoms with Crippen LogP contribution in [0.2, 0.25) is 0 Å². The lowest BCUT2D eigenvalue weighted by Crippen LogP contribution is -2.22. The van der Waals surface area contributed by atoms with Crippen molar-refractivity contribution in [3.05, 3.63) is 18.0 Å². The van der Waals surface area contributed by atoms with Crippen LogP contribution >= 0.6 is 0 Å². The van der Waals surface area contributed by atoms with Crippen LogP contribution < -0.4 is 5.32 Å². The van der Waals surface area contributed by atoms with Crippen molar-refractivity contribution in [1.82, 2.24) is 15.1 Å². The maximum Gasteiger partial charge on any atom is 0.0576 e. The number of rotatable bonds is 3. The fourth-order valence-electron chi connectivity index (χ4n) is 1.10. The van der Waals surface area contributed by atoms with E-state index in [9.17, 15) is 0 Å². The summed E-state index contributed by atoms with van der Waals surface area (Å²) < 4.78 is 1.96. The summed E-state index contributed by atoms with van der Waals surface area (Å²) in [5.41, 5.74) is 1.21. The molecule has 0 aliphatic rings. The quantitative estimate of drug-likeness (QED) is 0.577. The molecule has 0 aliphatic carbocycles. The van der Waals surface area contributed by atoms with Gasteiger partial charge in [-0.15, -0.1) is 6.42 Å². The van der Waals surface area contributed by atoms with E-state index < -0.39 is 0 Å². The van der Waals surface area contributed by atoms with Gasteiger partial charge in [0.15, 0.2) is 0 Å². The van der Waals surface area contributed by atoms with Crippen LogP contribution in [-0.4, -0.2) is 16.3 Å². The van der Waals surface area contributed by atoms with Crippen LogP contribution in [0.5, 0.6) is 0 Å². The highest BCUT2D eigenvalue weighted by Gasteiger charge is 2.13. The third-order valence-electron chi connectivity index (χ3n) is 1.88. The lowest BCUT2D eigenvalue weighted by Gasteiger charge is -2.18. The van der Waals surface area contributed by atoms with Crippen molar-refractivity contribution in [3.8, 4) is 12.3 Å². The topological polar surface area (TPSA) is 29.9 Å². The summed E-state index contributed by atoms with van der Waals surface area (Å²) in [4.78, 5) is 0. The van der Waals surface area contributed by atoms with E-state index >= 15 is 0 Å². The first-order valence-electron chi connectivity index (χ1n) is 4.72. The van der Waals surface area contributed by atoms with E-state index in [4.69, 9.17) is 6.42 Å². The van der Waals surface area contributed by atoms with Gasteiger partial charge >= 0.3 is 0 Å². The second-order valence-corrected chi connectivity index (χ2v) is 4.27. The van der Waals surface area contributed by atoms with E-state index in [1.165, 1.54) is 0 Å². The number of nitrogens with one attached hydrogen (secondary N) is 1. The van der Waals surface area contributed by atoms with Crippen molar-refractivity contribution >= 4 is 0 Å². The van der Waals surface area contributed by atoms with Crippen LogP contribution in [0.1, 0.15) is 26.3 Å². The molecule has 0 spiro atoms. The zero-order valence-corrected chi connectivity index (χ0v) is 9.04. The van der Waals surface area contributed by atoms with Gasteiger partial charge in [-0.2, -0.15) is 5.10 Å². The number of aromatic nitrogens is 2. The van der Waals surface area contributed by atoms with Crippen LogP contribution in [0.3, 0.4) is 0 Å². The third kappa shape index (κ3) is 2.90. The Bertz CT molecular complexity index is 325. The van der Waals surface area contributed by atoms with Gasteiger partial charge in [0.2, 0.25) is 0 Å². The van der Waals surface area contributed by atoms with Gasteiger partial charge in [-0.25, -0.2) is 0 Å². The molecule has 0 bridgehead atoms. The second kappa shape index (κ2) is 4.30. The normalized spacial score (nSPS) is 11.3. The SMILES string of the molecule is C#CCNCc1cnn(C(C)(C)C)c1. The molecule has 76 valence electrons. The molecule has 14 heavy (non-hydrogen) atoms. The summed E-state index contributed by atoms with van der Waals surface area (Å²) in [6, 6.07) is 0. The summed E-state index contributed by atoms with van der Waals surface area (Å²) in [7, 11) is 0. The van der Waals surface area contributed by atoms with Crippen LogP contribution in [-0.2, 0) is 12.1 Å². The van der Waals surface area contributed by atoms with Crippen molar-refractivity contribution < 1.29 is 0 Å². The van der Waals surface area contributed by atoms with Crippen molar-refractivity contribution in [1.29, 1.82) is 0 Å². The molecule has 3 heteroatoms. The highest BCUT2D eigenvalue weighted by atomic mass is 15.3. The first-order valence-corrected chi connectivity index (χ1v) is 4.72. The Morgan fingerprint density at radius 3 is 2.79 bits per heavy atom. The molecular formula is C11H17N3. The lowest BCUT2D eigenvalue weighted by molar-refractivity contribution is 0.355. The van der Waals surface area contributed by atoms with E-state index in [1.54, 1.807) is 0 Å². The van der Waals surface area contributed by atoms with Crippen molar-refractivity contribution in [3.63, 3.8) is 0 Å². The van der Waals surface area contributed by atoms with Gasteiger partial charge in [0, 0.05) is 18.3 Å². The van der Waals surface area contributed by atoms with E-state index in [1.807, 2.05) is 17.1 Å². The Labute approximate surface area is 85.5 Å². The predicted molar refractivity (Wildman–Crippen MR) is 57.8 cm³/mol. The Morgan fingerprint density at radius 2 is 2.29 bits per heavy atom. The molecule has 1 heterocycles. The van der Waals surface area contributed by atoms with Crippen molar-refractivity contribution in [2.75, 3.05) is 6.54 Å². The largest absolute Gasteiger partial charge is 0.302 e. The molecule has 1 rings (SSSR count). The maximum absolute atomic E-state index is 5.13. The molecule has 0 saturated heterocycles. The molecule has 0 fully saturated rings. The summed E-state index contributed by atoms with van der Waals surface area (Å²) in [5, 5.41) is 7.42. The molecule has 0 amide bonds. The summed E-state index contributed by atoms with van der Waals surface area (Å²) in [6.45, 7) is 7.75. The zero-order chi connectivity index (χ0) is 10.6. The first-order chi connectivity index (χ1) is 6.54. The Hall–Kier alpha value is -1.27. The predicted octanol–water partition coefficient (Wildman–Crippen LogP) is 1.36. The van der Waals surface area contributed by atoms with Crippen molar-refractivity contribution in [2.24, 2.45) is 0 Å². The van der Waals surface area contributed by atoms with Gasteiger partial charge in [0.25, 0.3) is 0 Å². The molecule has 1 aromatic heterocycles. The minimum atomic E-state index is 0.0460. The molecule has 0 radical (unpaired) electrons. The fraction of sp³-hybridized carbons (Fsp3) is 0.545. The lowest BCUT2D eigenvalue weighted by atomic mass is 10.1. The van der Waals surface area contributed by atoms with E-state index in [2.05, 4.69) is 37.1 Å². The van der Waals surface area contributed by atoms with Crippen LogP contribution in [0.25, 0.3) is 0 Å². The Kier molecular flexibility index (Phi) is 3.32. The standard InChI is InChI=1S/C11H17N3/c1-5-6-12-7-10-8-13-14(9-10)11(2,3)4/h1,8-9,12H,6-7H2,2-4H3. The Balaban J connectivity index is 2.57. The van der Waals surface area contributed by atoms with E-state index in [0.29, 0.717) is 6.54 Å². The smallest absolute Gasteiger partial charge is 0.0576 e. The van der Waals surface area contributed by atoms with Gasteiger partial charge in [-0.1, -0.05) is 5.92 Å². The Morgan fingerprint density at radius 1 is 1.57 bits per heavy atom. The monoisotopic (exact) mass is 191 g/mol. The molecule has 0 aliphatic heterocycles. The molecule has 0 atom stereocenters. The molecule has 0 unspecified atom stereocenters. The molecule has 3 nitrogen and oxygen atoms in total. The number of hydrogen-bond donors (Lipinski definition) is 1. The average Bonchev–Trinajstić information content (AvgIpc) is 2.52. The summed E-state index contributed by atoms with van der Waals surface area (Å²) in [5.74, 6) is 2.54. The number of terminal acetylenes is 1. The molecule has 1 N–H and O–H groups in total. The molecule has 0 saturated carbocycles. The molecule has 0 aromatic carbocycles. The van der Waals surface area contributed by atoms with Crippen LogP contribution in [0, 0.1) is 12.3 Å². The maximum atomic E-state index is 5.13. The van der Waals surface area contributed by atoms with Gasteiger partial charge in [-0.3, -0.25) is 4.68 Å². The summed E-state index contributed by atoms with van der Waals surface area (Å²) >= 11 is 0. The van der Waals surface area contributed by atoms with Crippen LogP contribution in [0.4, 0.5) is 0 Å². The van der Waals surface area contributed by atoms with Gasteiger partial charge < -0.3 is 5.32 Å². The number of hydrogen-bond acceptors (Lipinski definition) is 2. The van der Waals surface area contributed by atoms with Crippen molar-refractivity contribution in [2.45, 2.75) is 32.9 Å². The van der Waals surface area contributed by atoms with Crippen LogP contribution in [0.15, 0.2) is 12.4 Å². The molecule has 1 aromatic rings. The second-order valence-electron chi connectivity index (χ2n) is 4.27. The van der Waals surface area contributed by atoms with Gasteiger partial charge in [0.1, 0.15) is 0 Å². The van der Waals surface area contributed by atoms with E-state index in [0.717, 1.165) is 12.1 Å². The minimum Gasteiger partial charge on any atom is -0.302 e. The van der Waals surface area contributed by atoms with Gasteiger partial charge in [-0.05, 0) is 20.8 Å². The van der Waals surface area contributed by atoms with E-state index in [-0.39, 0.29) is 5.54 Å².